The third-order valence-corrected chi connectivity index (χ3v) is 3.60. The molecule has 13 heavy (non-hydrogen) atoms. The van der Waals surface area contributed by atoms with Crippen molar-refractivity contribution in [1.82, 2.24) is 0 Å². The minimum Gasteiger partial charge on any atom is -0.194 e. The molecule has 0 spiro atoms. The summed E-state index contributed by atoms with van der Waals surface area (Å²) in [7, 11) is -4.47. The smallest absolute Gasteiger partial charge is 0.194 e. The van der Waals surface area contributed by atoms with Crippen molar-refractivity contribution in [2.45, 2.75) is 12.2 Å². The lowest BCUT2D eigenvalue weighted by Crippen LogP contribution is -2.03. The summed E-state index contributed by atoms with van der Waals surface area (Å²) in [6.45, 7) is 1.33. The van der Waals surface area contributed by atoms with Gasteiger partial charge in [0.1, 0.15) is 5.25 Å². The van der Waals surface area contributed by atoms with Gasteiger partial charge < -0.3 is 0 Å². The highest BCUT2D eigenvalue weighted by atomic mass is 127. The first-order valence-corrected chi connectivity index (χ1v) is 6.13. The zero-order valence-corrected chi connectivity index (χ0v) is 9.84. The molecule has 0 radical (unpaired) electrons. The lowest BCUT2D eigenvalue weighted by molar-refractivity contribution is 0.540. The lowest BCUT2D eigenvalue weighted by atomic mass is 10.2. The molecule has 1 rings (SSSR count). The van der Waals surface area contributed by atoms with E-state index in [-0.39, 0.29) is 0 Å². The van der Waals surface area contributed by atoms with Crippen LogP contribution < -0.4 is 0 Å². The normalized spacial score (nSPS) is 14.1. The molecule has 0 amide bonds. The Hall–Kier alpha value is -0.170. The summed E-state index contributed by atoms with van der Waals surface area (Å²) >= 11 is 2.10. The van der Waals surface area contributed by atoms with Crippen LogP contribution in [0.1, 0.15) is 17.7 Å². The molecular weight excluding hydrogens is 306 g/mol. The number of benzene rings is 1. The van der Waals surface area contributed by atoms with Crippen molar-refractivity contribution in [3.8, 4) is 0 Å². The van der Waals surface area contributed by atoms with Gasteiger partial charge in [0.15, 0.2) is 0 Å². The van der Waals surface area contributed by atoms with Crippen molar-refractivity contribution in [1.29, 1.82) is 0 Å². The molecular formula is C8H8FIO2S. The van der Waals surface area contributed by atoms with E-state index >= 15 is 0 Å². The van der Waals surface area contributed by atoms with Gasteiger partial charge in [0, 0.05) is 3.57 Å². The Kier molecular flexibility index (Phi) is 3.28. The lowest BCUT2D eigenvalue weighted by Gasteiger charge is -2.06. The van der Waals surface area contributed by atoms with E-state index < -0.39 is 15.5 Å². The molecule has 0 fully saturated rings. The van der Waals surface area contributed by atoms with Gasteiger partial charge in [-0.2, -0.15) is 8.42 Å². The Morgan fingerprint density at radius 2 is 1.77 bits per heavy atom. The molecule has 1 atom stereocenters. The maximum atomic E-state index is 12.5. The molecule has 0 saturated carbocycles. The standard InChI is InChI=1S/C8H8FIO2S/c1-6(13(9,11)12)7-2-4-8(10)5-3-7/h2-6H,1H3. The first kappa shape index (κ1) is 10.9. The van der Waals surface area contributed by atoms with Crippen LogP contribution in [0.3, 0.4) is 0 Å². The summed E-state index contributed by atoms with van der Waals surface area (Å²) in [6, 6.07) is 6.72. The third-order valence-electron chi connectivity index (χ3n) is 1.76. The van der Waals surface area contributed by atoms with E-state index in [4.69, 9.17) is 0 Å². The summed E-state index contributed by atoms with van der Waals surface area (Å²) in [5, 5.41) is -1.08. The number of hydrogen-bond donors (Lipinski definition) is 0. The molecule has 0 aliphatic carbocycles. The maximum absolute atomic E-state index is 12.5. The van der Waals surface area contributed by atoms with Crippen LogP contribution in [0.2, 0.25) is 0 Å². The van der Waals surface area contributed by atoms with Crippen molar-refractivity contribution in [2.24, 2.45) is 0 Å². The van der Waals surface area contributed by atoms with E-state index in [1.54, 1.807) is 24.3 Å². The summed E-state index contributed by atoms with van der Waals surface area (Å²) in [5.41, 5.74) is 0.475. The first-order valence-electron chi connectivity index (χ1n) is 3.60. The summed E-state index contributed by atoms with van der Waals surface area (Å²) < 4.78 is 34.6. The van der Waals surface area contributed by atoms with Gasteiger partial charge in [0.25, 0.3) is 0 Å². The van der Waals surface area contributed by atoms with Gasteiger partial charge in [0.05, 0.1) is 0 Å². The average molecular weight is 314 g/mol. The van der Waals surface area contributed by atoms with Gasteiger partial charge in [-0.3, -0.25) is 0 Å². The highest BCUT2D eigenvalue weighted by Gasteiger charge is 2.20. The molecule has 0 aliphatic heterocycles. The quantitative estimate of drug-likeness (QED) is 0.621. The second-order valence-corrected chi connectivity index (χ2v) is 5.57. The van der Waals surface area contributed by atoms with Crippen LogP contribution in [0.5, 0.6) is 0 Å². The minimum absolute atomic E-state index is 0.475. The third kappa shape index (κ3) is 2.91. The zero-order chi connectivity index (χ0) is 10.1. The van der Waals surface area contributed by atoms with Crippen molar-refractivity contribution in [2.75, 3.05) is 0 Å². The Balaban J connectivity index is 3.04. The van der Waals surface area contributed by atoms with Crippen LogP contribution in [0.25, 0.3) is 0 Å². The van der Waals surface area contributed by atoms with E-state index in [0.29, 0.717) is 5.56 Å². The Labute approximate surface area is 90.5 Å². The fraction of sp³-hybridized carbons (Fsp3) is 0.250. The van der Waals surface area contributed by atoms with Crippen LogP contribution in [-0.4, -0.2) is 8.42 Å². The highest BCUT2D eigenvalue weighted by Crippen LogP contribution is 2.23. The molecule has 0 aliphatic rings. The van der Waals surface area contributed by atoms with Crippen LogP contribution in [0.4, 0.5) is 3.89 Å². The van der Waals surface area contributed by atoms with E-state index in [9.17, 15) is 12.3 Å². The predicted octanol–water partition coefficient (Wildman–Crippen LogP) is 2.65. The molecule has 1 aromatic rings. The van der Waals surface area contributed by atoms with Crippen molar-refractivity contribution < 1.29 is 12.3 Å². The highest BCUT2D eigenvalue weighted by molar-refractivity contribution is 14.1. The number of rotatable bonds is 2. The van der Waals surface area contributed by atoms with Gasteiger partial charge in [-0.1, -0.05) is 12.1 Å². The fourth-order valence-electron chi connectivity index (χ4n) is 0.896. The van der Waals surface area contributed by atoms with Crippen LogP contribution in [-0.2, 0) is 10.2 Å². The second-order valence-electron chi connectivity index (χ2n) is 2.67. The zero-order valence-electron chi connectivity index (χ0n) is 6.87. The molecule has 0 aromatic heterocycles. The molecule has 1 unspecified atom stereocenters. The number of hydrogen-bond acceptors (Lipinski definition) is 2. The van der Waals surface area contributed by atoms with E-state index in [1.165, 1.54) is 6.92 Å². The van der Waals surface area contributed by atoms with Crippen LogP contribution >= 0.6 is 22.6 Å². The Bertz CT molecular complexity index is 385. The van der Waals surface area contributed by atoms with E-state index in [1.807, 2.05) is 0 Å². The topological polar surface area (TPSA) is 34.1 Å². The van der Waals surface area contributed by atoms with Crippen molar-refractivity contribution in [3.63, 3.8) is 0 Å². The van der Waals surface area contributed by atoms with E-state index in [0.717, 1.165) is 3.57 Å². The Morgan fingerprint density at radius 3 is 2.15 bits per heavy atom. The number of halogens is 2. The molecule has 2 nitrogen and oxygen atoms in total. The molecule has 72 valence electrons. The van der Waals surface area contributed by atoms with Crippen molar-refractivity contribution in [3.05, 3.63) is 33.4 Å². The summed E-state index contributed by atoms with van der Waals surface area (Å²) in [6.07, 6.45) is 0. The van der Waals surface area contributed by atoms with Crippen LogP contribution in [0, 0.1) is 3.57 Å². The summed E-state index contributed by atoms with van der Waals surface area (Å²) in [4.78, 5) is 0. The van der Waals surface area contributed by atoms with Gasteiger partial charge >= 0.3 is 10.2 Å². The van der Waals surface area contributed by atoms with Gasteiger partial charge in [0.2, 0.25) is 0 Å². The maximum Gasteiger partial charge on any atom is 0.309 e. The summed E-state index contributed by atoms with van der Waals surface area (Å²) in [5.74, 6) is 0. The molecule has 0 bridgehead atoms. The minimum atomic E-state index is -4.47. The van der Waals surface area contributed by atoms with Crippen LogP contribution in [0.15, 0.2) is 24.3 Å². The van der Waals surface area contributed by atoms with Crippen molar-refractivity contribution >= 4 is 32.8 Å². The average Bonchev–Trinajstić information content (AvgIpc) is 2.03. The second kappa shape index (κ2) is 3.91. The monoisotopic (exact) mass is 314 g/mol. The first-order chi connectivity index (χ1) is 5.91. The van der Waals surface area contributed by atoms with Gasteiger partial charge in [-0.15, -0.1) is 3.89 Å². The predicted molar refractivity (Wildman–Crippen MR) is 57.6 cm³/mol. The molecule has 0 saturated heterocycles. The molecule has 5 heteroatoms. The van der Waals surface area contributed by atoms with Gasteiger partial charge in [-0.05, 0) is 47.2 Å². The fourth-order valence-corrected chi connectivity index (χ4v) is 1.74. The largest absolute Gasteiger partial charge is 0.309 e. The van der Waals surface area contributed by atoms with Gasteiger partial charge in [-0.25, -0.2) is 0 Å². The Morgan fingerprint density at radius 1 is 1.31 bits per heavy atom. The SMILES string of the molecule is CC(c1ccc(I)cc1)S(=O)(=O)F. The molecule has 0 N–H and O–H groups in total. The molecule has 0 heterocycles. The van der Waals surface area contributed by atoms with E-state index in [2.05, 4.69) is 22.6 Å². The molecule has 1 aromatic carbocycles.